The van der Waals surface area contributed by atoms with E-state index in [1.807, 2.05) is 0 Å². The van der Waals surface area contributed by atoms with Gasteiger partial charge in [-0.3, -0.25) is 0 Å². The maximum atomic E-state index is 3.68. The van der Waals surface area contributed by atoms with Gasteiger partial charge in [0, 0.05) is 11.0 Å². The standard InChI is InChI=1S/C13H14BrN/c1-15(2)9-11-8-7-10-5-3-4-6-12(10)13(11)14/h3-8H,9H2,1-2H3. The molecule has 0 aliphatic carbocycles. The van der Waals surface area contributed by atoms with Gasteiger partial charge in [-0.2, -0.15) is 0 Å². The first-order chi connectivity index (χ1) is 7.18. The lowest BCUT2D eigenvalue weighted by atomic mass is 10.1. The first-order valence-electron chi connectivity index (χ1n) is 4.99. The van der Waals surface area contributed by atoms with Gasteiger partial charge in [-0.25, -0.2) is 0 Å². The van der Waals surface area contributed by atoms with Crippen molar-refractivity contribution in [2.75, 3.05) is 14.1 Å². The maximum absolute atomic E-state index is 3.68. The highest BCUT2D eigenvalue weighted by Gasteiger charge is 2.04. The molecule has 0 heterocycles. The molecule has 0 bridgehead atoms. The van der Waals surface area contributed by atoms with Crippen LogP contribution >= 0.6 is 15.9 Å². The molecule has 0 fully saturated rings. The molecule has 2 aromatic carbocycles. The molecule has 78 valence electrons. The fourth-order valence-electron chi connectivity index (χ4n) is 1.74. The zero-order valence-corrected chi connectivity index (χ0v) is 10.6. The van der Waals surface area contributed by atoms with Crippen molar-refractivity contribution in [1.29, 1.82) is 0 Å². The van der Waals surface area contributed by atoms with Crippen LogP contribution < -0.4 is 0 Å². The number of hydrogen-bond acceptors (Lipinski definition) is 1. The smallest absolute Gasteiger partial charge is 0.0298 e. The average molecular weight is 264 g/mol. The SMILES string of the molecule is CN(C)Cc1ccc2ccccc2c1Br. The van der Waals surface area contributed by atoms with Crippen molar-refractivity contribution < 1.29 is 0 Å². The minimum Gasteiger partial charge on any atom is -0.305 e. The van der Waals surface area contributed by atoms with Gasteiger partial charge in [0.05, 0.1) is 0 Å². The lowest BCUT2D eigenvalue weighted by Crippen LogP contribution is -2.11. The number of hydrogen-bond donors (Lipinski definition) is 0. The van der Waals surface area contributed by atoms with Crippen LogP contribution in [0, 0.1) is 0 Å². The molecule has 0 atom stereocenters. The number of fused-ring (bicyclic) bond motifs is 1. The predicted octanol–water partition coefficient (Wildman–Crippen LogP) is 3.66. The highest BCUT2D eigenvalue weighted by atomic mass is 79.9. The highest BCUT2D eigenvalue weighted by molar-refractivity contribution is 9.10. The Balaban J connectivity index is 2.55. The third-order valence-electron chi connectivity index (χ3n) is 2.43. The minimum absolute atomic E-state index is 0.964. The monoisotopic (exact) mass is 263 g/mol. The van der Waals surface area contributed by atoms with Crippen molar-refractivity contribution in [3.63, 3.8) is 0 Å². The van der Waals surface area contributed by atoms with E-state index in [0.717, 1.165) is 6.54 Å². The van der Waals surface area contributed by atoms with Crippen LogP contribution in [-0.4, -0.2) is 19.0 Å². The van der Waals surface area contributed by atoms with E-state index in [2.05, 4.69) is 71.3 Å². The van der Waals surface area contributed by atoms with Gasteiger partial charge in [0.25, 0.3) is 0 Å². The van der Waals surface area contributed by atoms with Gasteiger partial charge in [-0.05, 0) is 46.4 Å². The van der Waals surface area contributed by atoms with Crippen LogP contribution in [0.3, 0.4) is 0 Å². The lowest BCUT2D eigenvalue weighted by Gasteiger charge is -2.12. The van der Waals surface area contributed by atoms with Crippen LogP contribution in [0.4, 0.5) is 0 Å². The maximum Gasteiger partial charge on any atom is 0.0298 e. The predicted molar refractivity (Wildman–Crippen MR) is 69.0 cm³/mol. The van der Waals surface area contributed by atoms with E-state index in [9.17, 15) is 0 Å². The van der Waals surface area contributed by atoms with Crippen molar-refractivity contribution in [2.24, 2.45) is 0 Å². The molecule has 0 N–H and O–H groups in total. The summed E-state index contributed by atoms with van der Waals surface area (Å²) in [5.74, 6) is 0. The topological polar surface area (TPSA) is 3.24 Å². The second-order valence-corrected chi connectivity index (χ2v) is 4.79. The van der Waals surface area contributed by atoms with Crippen LogP contribution in [0.5, 0.6) is 0 Å². The van der Waals surface area contributed by atoms with Gasteiger partial charge in [-0.1, -0.05) is 36.4 Å². The molecule has 2 heteroatoms. The lowest BCUT2D eigenvalue weighted by molar-refractivity contribution is 0.402. The molecule has 0 unspecified atom stereocenters. The average Bonchev–Trinajstić information content (AvgIpc) is 2.22. The van der Waals surface area contributed by atoms with Gasteiger partial charge < -0.3 is 4.90 Å². The Hall–Kier alpha value is -0.860. The van der Waals surface area contributed by atoms with E-state index >= 15 is 0 Å². The number of benzene rings is 2. The second-order valence-electron chi connectivity index (χ2n) is 4.00. The minimum atomic E-state index is 0.964. The van der Waals surface area contributed by atoms with Crippen molar-refractivity contribution >= 4 is 26.7 Å². The zero-order chi connectivity index (χ0) is 10.8. The highest BCUT2D eigenvalue weighted by Crippen LogP contribution is 2.28. The summed E-state index contributed by atoms with van der Waals surface area (Å²) in [6.07, 6.45) is 0. The zero-order valence-electron chi connectivity index (χ0n) is 9.00. The van der Waals surface area contributed by atoms with Crippen LogP contribution in [0.25, 0.3) is 10.8 Å². The van der Waals surface area contributed by atoms with E-state index in [0.29, 0.717) is 0 Å². The molecule has 0 spiro atoms. The van der Waals surface area contributed by atoms with Gasteiger partial charge >= 0.3 is 0 Å². The number of halogens is 1. The molecule has 0 amide bonds. The van der Waals surface area contributed by atoms with Crippen molar-refractivity contribution in [1.82, 2.24) is 4.90 Å². The molecule has 15 heavy (non-hydrogen) atoms. The quantitative estimate of drug-likeness (QED) is 0.800. The summed E-state index contributed by atoms with van der Waals surface area (Å²) >= 11 is 3.68. The van der Waals surface area contributed by atoms with Crippen LogP contribution in [0.2, 0.25) is 0 Å². The van der Waals surface area contributed by atoms with Crippen molar-refractivity contribution in [3.05, 3.63) is 46.4 Å². The summed E-state index contributed by atoms with van der Waals surface area (Å²) in [7, 11) is 4.17. The third-order valence-corrected chi connectivity index (χ3v) is 3.37. The summed E-state index contributed by atoms with van der Waals surface area (Å²) in [6, 6.07) is 12.8. The summed E-state index contributed by atoms with van der Waals surface area (Å²) < 4.78 is 1.22. The van der Waals surface area contributed by atoms with Gasteiger partial charge in [0.1, 0.15) is 0 Å². The third kappa shape index (κ3) is 2.21. The molecule has 2 rings (SSSR count). The Morgan fingerprint density at radius 2 is 1.80 bits per heavy atom. The Morgan fingerprint density at radius 1 is 1.07 bits per heavy atom. The van der Waals surface area contributed by atoms with Gasteiger partial charge in [-0.15, -0.1) is 0 Å². The Bertz CT molecular complexity index is 477. The molecule has 0 saturated heterocycles. The van der Waals surface area contributed by atoms with E-state index < -0.39 is 0 Å². The molecule has 1 nitrogen and oxygen atoms in total. The first kappa shape index (κ1) is 10.7. The van der Waals surface area contributed by atoms with E-state index in [1.165, 1.54) is 20.8 Å². The molecule has 0 aliphatic heterocycles. The molecule has 0 saturated carbocycles. The molecule has 0 radical (unpaired) electrons. The van der Waals surface area contributed by atoms with Crippen LogP contribution in [0.15, 0.2) is 40.9 Å². The fourth-order valence-corrected chi connectivity index (χ4v) is 2.36. The molecule has 0 aliphatic rings. The van der Waals surface area contributed by atoms with E-state index in [-0.39, 0.29) is 0 Å². The number of nitrogens with zero attached hydrogens (tertiary/aromatic N) is 1. The molecule has 0 aromatic heterocycles. The second kappa shape index (κ2) is 4.33. The molecular weight excluding hydrogens is 250 g/mol. The normalized spacial score (nSPS) is 11.2. The Morgan fingerprint density at radius 3 is 2.53 bits per heavy atom. The first-order valence-corrected chi connectivity index (χ1v) is 5.78. The van der Waals surface area contributed by atoms with Crippen molar-refractivity contribution in [2.45, 2.75) is 6.54 Å². The summed E-state index contributed by atoms with van der Waals surface area (Å²) in [4.78, 5) is 2.18. The fraction of sp³-hybridized carbons (Fsp3) is 0.231. The summed E-state index contributed by atoms with van der Waals surface area (Å²) in [6.45, 7) is 0.964. The Kier molecular flexibility index (Phi) is 3.08. The van der Waals surface area contributed by atoms with E-state index in [1.54, 1.807) is 0 Å². The van der Waals surface area contributed by atoms with Crippen LogP contribution in [-0.2, 0) is 6.54 Å². The Labute approximate surface area is 98.8 Å². The summed E-state index contributed by atoms with van der Waals surface area (Å²) in [5, 5.41) is 2.57. The molecular formula is C13H14BrN. The molecule has 2 aromatic rings. The van der Waals surface area contributed by atoms with Crippen LogP contribution in [0.1, 0.15) is 5.56 Å². The van der Waals surface area contributed by atoms with Crippen molar-refractivity contribution in [3.8, 4) is 0 Å². The number of rotatable bonds is 2. The van der Waals surface area contributed by atoms with Gasteiger partial charge in [0.2, 0.25) is 0 Å². The summed E-state index contributed by atoms with van der Waals surface area (Å²) in [5.41, 5.74) is 1.33. The van der Waals surface area contributed by atoms with E-state index in [4.69, 9.17) is 0 Å². The largest absolute Gasteiger partial charge is 0.305 e. The van der Waals surface area contributed by atoms with Gasteiger partial charge in [0.15, 0.2) is 0 Å².